The van der Waals surface area contributed by atoms with Crippen molar-refractivity contribution in [3.05, 3.63) is 0 Å². The lowest BCUT2D eigenvalue weighted by Crippen LogP contribution is -2.42. The number of rotatable bonds is 4. The van der Waals surface area contributed by atoms with Gasteiger partial charge in [0.15, 0.2) is 0 Å². The van der Waals surface area contributed by atoms with Crippen molar-refractivity contribution in [2.75, 3.05) is 26.7 Å². The number of β-amino-alcohol motifs (C(OH)–C–C–N with tert-alkyl or cyclic N) is 1. The molecule has 5 heteroatoms. The molecule has 0 unspecified atom stereocenters. The lowest BCUT2D eigenvalue weighted by Gasteiger charge is -2.28. The largest absolute Gasteiger partial charge is 0.444 e. The zero-order chi connectivity index (χ0) is 14.6. The maximum Gasteiger partial charge on any atom is 0.410 e. The van der Waals surface area contributed by atoms with Crippen molar-refractivity contribution in [1.82, 2.24) is 9.80 Å². The molecule has 0 radical (unpaired) electrons. The van der Waals surface area contributed by atoms with Gasteiger partial charge in [0, 0.05) is 32.7 Å². The van der Waals surface area contributed by atoms with Gasteiger partial charge in [0.25, 0.3) is 0 Å². The Morgan fingerprint density at radius 3 is 2.68 bits per heavy atom. The molecule has 0 saturated carbocycles. The second kappa shape index (κ2) is 6.57. The first-order chi connectivity index (χ1) is 8.73. The summed E-state index contributed by atoms with van der Waals surface area (Å²) in [6, 6.07) is 0.180. The third-order valence-electron chi connectivity index (χ3n) is 3.42. The van der Waals surface area contributed by atoms with Gasteiger partial charge in [-0.3, -0.25) is 4.90 Å². The maximum absolute atomic E-state index is 12.0. The van der Waals surface area contributed by atoms with Gasteiger partial charge in [0.2, 0.25) is 0 Å². The van der Waals surface area contributed by atoms with Crippen LogP contribution in [0.15, 0.2) is 0 Å². The van der Waals surface area contributed by atoms with Gasteiger partial charge in [0.05, 0.1) is 6.10 Å². The van der Waals surface area contributed by atoms with Crippen molar-refractivity contribution in [2.24, 2.45) is 0 Å². The van der Waals surface area contributed by atoms with Crippen molar-refractivity contribution in [1.29, 1.82) is 0 Å². The van der Waals surface area contributed by atoms with Crippen LogP contribution in [0.2, 0.25) is 0 Å². The molecule has 5 nitrogen and oxygen atoms in total. The van der Waals surface area contributed by atoms with E-state index in [1.54, 1.807) is 11.9 Å². The molecule has 112 valence electrons. The quantitative estimate of drug-likeness (QED) is 0.846. The first-order valence-electron chi connectivity index (χ1n) is 7.09. The topological polar surface area (TPSA) is 53.0 Å². The van der Waals surface area contributed by atoms with Gasteiger partial charge >= 0.3 is 6.09 Å². The number of carbonyl (C=O) groups excluding carboxylic acids is 1. The predicted octanol–water partition coefficient (Wildman–Crippen LogP) is 1.70. The van der Waals surface area contributed by atoms with Gasteiger partial charge in [-0.1, -0.05) is 6.92 Å². The molecule has 2 atom stereocenters. The molecule has 1 aliphatic rings. The van der Waals surface area contributed by atoms with Crippen LogP contribution in [0.4, 0.5) is 4.79 Å². The number of likely N-dealkylation sites (N-methyl/N-ethyl adjacent to an activating group) is 1. The highest BCUT2D eigenvalue weighted by atomic mass is 16.6. The molecule has 1 amide bonds. The third-order valence-corrected chi connectivity index (χ3v) is 3.42. The second-order valence-corrected chi connectivity index (χ2v) is 6.36. The Hall–Kier alpha value is -0.810. The van der Waals surface area contributed by atoms with Gasteiger partial charge in [-0.15, -0.1) is 0 Å². The SMILES string of the molecule is CC[C@H](O)CN1CC[C@@H](N(C)C(=O)OC(C)(C)C)C1. The van der Waals surface area contributed by atoms with E-state index in [2.05, 4.69) is 4.90 Å². The van der Waals surface area contributed by atoms with Crippen LogP contribution in [-0.4, -0.2) is 65.4 Å². The summed E-state index contributed by atoms with van der Waals surface area (Å²) in [6.45, 7) is 10.0. The van der Waals surface area contributed by atoms with Crippen molar-refractivity contribution >= 4 is 6.09 Å². The van der Waals surface area contributed by atoms with E-state index in [1.807, 2.05) is 27.7 Å². The van der Waals surface area contributed by atoms with E-state index in [1.165, 1.54) is 0 Å². The van der Waals surface area contributed by atoms with Crippen LogP contribution in [0.5, 0.6) is 0 Å². The Bertz CT molecular complexity index is 302. The number of aliphatic hydroxyl groups excluding tert-OH is 1. The molecule has 1 saturated heterocycles. The van der Waals surface area contributed by atoms with E-state index in [0.717, 1.165) is 25.9 Å². The normalized spacial score (nSPS) is 22.3. The summed E-state index contributed by atoms with van der Waals surface area (Å²) < 4.78 is 5.37. The molecule has 19 heavy (non-hydrogen) atoms. The summed E-state index contributed by atoms with van der Waals surface area (Å²) in [6.07, 6.45) is 1.16. The van der Waals surface area contributed by atoms with Crippen molar-refractivity contribution in [3.8, 4) is 0 Å². The minimum absolute atomic E-state index is 0.180. The van der Waals surface area contributed by atoms with Crippen LogP contribution in [-0.2, 0) is 4.74 Å². The summed E-state index contributed by atoms with van der Waals surface area (Å²) in [4.78, 5) is 15.9. The first-order valence-corrected chi connectivity index (χ1v) is 7.09. The van der Waals surface area contributed by atoms with Crippen LogP contribution >= 0.6 is 0 Å². The van der Waals surface area contributed by atoms with Gasteiger partial charge < -0.3 is 14.7 Å². The molecule has 1 fully saturated rings. The summed E-state index contributed by atoms with van der Waals surface area (Å²) in [5, 5.41) is 9.66. The lowest BCUT2D eigenvalue weighted by molar-refractivity contribution is 0.0225. The second-order valence-electron chi connectivity index (χ2n) is 6.36. The van der Waals surface area contributed by atoms with Crippen LogP contribution in [0.25, 0.3) is 0 Å². The number of amides is 1. The third kappa shape index (κ3) is 5.37. The van der Waals surface area contributed by atoms with Crippen LogP contribution in [0, 0.1) is 0 Å². The molecule has 0 aromatic carbocycles. The molecule has 0 spiro atoms. The monoisotopic (exact) mass is 272 g/mol. The molecule has 1 heterocycles. The summed E-state index contributed by atoms with van der Waals surface area (Å²) in [5.41, 5.74) is -0.456. The van der Waals surface area contributed by atoms with Crippen LogP contribution in [0.3, 0.4) is 0 Å². The molecule has 0 bridgehead atoms. The van der Waals surface area contributed by atoms with E-state index in [9.17, 15) is 9.90 Å². The fourth-order valence-electron chi connectivity index (χ4n) is 2.20. The fourth-order valence-corrected chi connectivity index (χ4v) is 2.20. The smallest absolute Gasteiger partial charge is 0.410 e. The van der Waals surface area contributed by atoms with Gasteiger partial charge in [0.1, 0.15) is 5.60 Å². The highest BCUT2D eigenvalue weighted by molar-refractivity contribution is 5.68. The molecule has 0 aromatic heterocycles. The summed E-state index contributed by atoms with van der Waals surface area (Å²) >= 11 is 0. The Balaban J connectivity index is 2.43. The van der Waals surface area contributed by atoms with E-state index < -0.39 is 5.60 Å². The lowest BCUT2D eigenvalue weighted by atomic mass is 10.2. The minimum atomic E-state index is -0.456. The van der Waals surface area contributed by atoms with Gasteiger partial charge in [-0.05, 0) is 33.6 Å². The summed E-state index contributed by atoms with van der Waals surface area (Å²) in [5.74, 6) is 0. The Morgan fingerprint density at radius 1 is 1.53 bits per heavy atom. The Morgan fingerprint density at radius 2 is 2.16 bits per heavy atom. The number of likely N-dealkylation sites (tertiary alicyclic amines) is 1. The average Bonchev–Trinajstić information content (AvgIpc) is 2.73. The van der Waals surface area contributed by atoms with Gasteiger partial charge in [-0.2, -0.15) is 0 Å². The van der Waals surface area contributed by atoms with Crippen LogP contribution < -0.4 is 0 Å². The summed E-state index contributed by atoms with van der Waals surface area (Å²) in [7, 11) is 1.79. The molecule has 0 aliphatic carbocycles. The van der Waals surface area contributed by atoms with E-state index in [0.29, 0.717) is 6.54 Å². The van der Waals surface area contributed by atoms with Gasteiger partial charge in [-0.25, -0.2) is 4.79 Å². The Kier molecular flexibility index (Phi) is 5.62. The standard InChI is InChI=1S/C14H28N2O3/c1-6-12(17)10-16-8-7-11(9-16)15(5)13(18)19-14(2,3)4/h11-12,17H,6-10H2,1-5H3/t11-,12+/m1/s1. The van der Waals surface area contributed by atoms with Crippen molar-refractivity contribution < 1.29 is 14.6 Å². The number of nitrogens with zero attached hydrogens (tertiary/aromatic N) is 2. The average molecular weight is 272 g/mol. The predicted molar refractivity (Wildman–Crippen MR) is 75.1 cm³/mol. The highest BCUT2D eigenvalue weighted by Gasteiger charge is 2.31. The van der Waals surface area contributed by atoms with Crippen molar-refractivity contribution in [2.45, 2.75) is 58.3 Å². The molecular formula is C14H28N2O3. The minimum Gasteiger partial charge on any atom is -0.444 e. The van der Waals surface area contributed by atoms with E-state index in [4.69, 9.17) is 4.74 Å². The van der Waals surface area contributed by atoms with E-state index >= 15 is 0 Å². The first kappa shape index (κ1) is 16.2. The number of aliphatic hydroxyl groups is 1. The number of ether oxygens (including phenoxy) is 1. The van der Waals surface area contributed by atoms with Crippen molar-refractivity contribution in [3.63, 3.8) is 0 Å². The zero-order valence-corrected chi connectivity index (χ0v) is 12.8. The molecular weight excluding hydrogens is 244 g/mol. The number of carbonyl (C=O) groups is 1. The van der Waals surface area contributed by atoms with Crippen LogP contribution in [0.1, 0.15) is 40.5 Å². The molecule has 1 N–H and O–H groups in total. The highest BCUT2D eigenvalue weighted by Crippen LogP contribution is 2.18. The maximum atomic E-state index is 12.0. The molecule has 1 aliphatic heterocycles. The molecule has 1 rings (SSSR count). The fraction of sp³-hybridized carbons (Fsp3) is 0.929. The Labute approximate surface area is 116 Å². The van der Waals surface area contributed by atoms with E-state index in [-0.39, 0.29) is 18.2 Å². The zero-order valence-electron chi connectivity index (χ0n) is 12.8. The number of hydrogen-bond acceptors (Lipinski definition) is 4. The number of hydrogen-bond donors (Lipinski definition) is 1. The molecule has 0 aromatic rings.